The molecule has 0 saturated carbocycles. The van der Waals surface area contributed by atoms with Gasteiger partial charge in [0, 0.05) is 25.2 Å². The minimum absolute atomic E-state index is 0.158. The van der Waals surface area contributed by atoms with Gasteiger partial charge < -0.3 is 10.6 Å². The summed E-state index contributed by atoms with van der Waals surface area (Å²) in [5.41, 5.74) is 7.42. The summed E-state index contributed by atoms with van der Waals surface area (Å²) in [4.78, 5) is 14.4. The summed E-state index contributed by atoms with van der Waals surface area (Å²) >= 11 is 0. The van der Waals surface area contributed by atoms with Crippen molar-refractivity contribution in [3.8, 4) is 0 Å². The lowest BCUT2D eigenvalue weighted by molar-refractivity contribution is 0.0686. The Labute approximate surface area is 115 Å². The van der Waals surface area contributed by atoms with E-state index < -0.39 is 0 Å². The van der Waals surface area contributed by atoms with Gasteiger partial charge in [-0.05, 0) is 36.5 Å². The molecule has 1 aliphatic rings. The zero-order chi connectivity index (χ0) is 13.7. The number of nitrogens with two attached hydrogens (primary N) is 1. The van der Waals surface area contributed by atoms with Crippen LogP contribution < -0.4 is 5.73 Å². The molecular weight excluding hydrogens is 236 g/mol. The number of hydrogen-bond donors (Lipinski definition) is 1. The highest BCUT2D eigenvalue weighted by molar-refractivity contribution is 5.94. The van der Waals surface area contributed by atoms with Crippen molar-refractivity contribution in [2.45, 2.75) is 39.2 Å². The Morgan fingerprint density at radius 2 is 2.11 bits per heavy atom. The number of hydrogen-bond acceptors (Lipinski definition) is 2. The van der Waals surface area contributed by atoms with Crippen LogP contribution >= 0.6 is 0 Å². The van der Waals surface area contributed by atoms with Crippen LogP contribution in [0.25, 0.3) is 0 Å². The van der Waals surface area contributed by atoms with Crippen LogP contribution in [0, 0.1) is 5.92 Å². The highest BCUT2D eigenvalue weighted by atomic mass is 16.2. The molecule has 0 aromatic heterocycles. The molecule has 0 aliphatic carbocycles. The Morgan fingerprint density at radius 3 is 2.74 bits per heavy atom. The lowest BCUT2D eigenvalue weighted by atomic mass is 9.92. The van der Waals surface area contributed by atoms with Crippen LogP contribution in [-0.2, 0) is 6.54 Å². The SMILES string of the molecule is CCCC1CCN(C(=O)c2cccc(CN)c2)CC1. The molecule has 1 aromatic rings. The summed E-state index contributed by atoms with van der Waals surface area (Å²) in [6.45, 7) is 4.52. The Balaban J connectivity index is 1.97. The number of piperidine rings is 1. The third-order valence-corrected chi connectivity index (χ3v) is 4.01. The van der Waals surface area contributed by atoms with Crippen LogP contribution in [0.3, 0.4) is 0 Å². The van der Waals surface area contributed by atoms with Gasteiger partial charge in [0.05, 0.1) is 0 Å². The molecule has 1 amide bonds. The molecule has 0 bridgehead atoms. The van der Waals surface area contributed by atoms with E-state index in [9.17, 15) is 4.79 Å². The van der Waals surface area contributed by atoms with Gasteiger partial charge in [0.25, 0.3) is 5.91 Å². The van der Waals surface area contributed by atoms with Crippen LogP contribution in [0.2, 0.25) is 0 Å². The van der Waals surface area contributed by atoms with Crippen LogP contribution in [-0.4, -0.2) is 23.9 Å². The van der Waals surface area contributed by atoms with E-state index in [0.717, 1.165) is 43.0 Å². The third kappa shape index (κ3) is 3.57. The highest BCUT2D eigenvalue weighted by Gasteiger charge is 2.23. The largest absolute Gasteiger partial charge is 0.339 e. The topological polar surface area (TPSA) is 46.3 Å². The standard InChI is InChI=1S/C16H24N2O/c1-2-4-13-7-9-18(10-8-13)16(19)15-6-3-5-14(11-15)12-17/h3,5-6,11,13H,2,4,7-10,12,17H2,1H3. The number of amides is 1. The van der Waals surface area contributed by atoms with Crippen molar-refractivity contribution in [1.29, 1.82) is 0 Å². The second-order valence-electron chi connectivity index (χ2n) is 5.43. The third-order valence-electron chi connectivity index (χ3n) is 4.01. The van der Waals surface area contributed by atoms with Gasteiger partial charge in [0.15, 0.2) is 0 Å². The summed E-state index contributed by atoms with van der Waals surface area (Å²) in [7, 11) is 0. The predicted molar refractivity (Wildman–Crippen MR) is 77.9 cm³/mol. The molecule has 19 heavy (non-hydrogen) atoms. The summed E-state index contributed by atoms with van der Waals surface area (Å²) in [6, 6.07) is 7.68. The maximum atomic E-state index is 12.4. The van der Waals surface area contributed by atoms with Gasteiger partial charge in [-0.1, -0.05) is 31.9 Å². The smallest absolute Gasteiger partial charge is 0.253 e. The normalized spacial score (nSPS) is 16.6. The molecule has 1 saturated heterocycles. The monoisotopic (exact) mass is 260 g/mol. The van der Waals surface area contributed by atoms with Crippen molar-refractivity contribution in [3.05, 3.63) is 35.4 Å². The molecule has 2 N–H and O–H groups in total. The number of carbonyl (C=O) groups excluding carboxylic acids is 1. The Hall–Kier alpha value is -1.35. The first kappa shape index (κ1) is 14.1. The van der Waals surface area contributed by atoms with E-state index >= 15 is 0 Å². The van der Waals surface area contributed by atoms with Crippen molar-refractivity contribution in [1.82, 2.24) is 4.90 Å². The van der Waals surface area contributed by atoms with Crippen LogP contribution in [0.15, 0.2) is 24.3 Å². The van der Waals surface area contributed by atoms with Crippen LogP contribution in [0.1, 0.15) is 48.5 Å². The maximum absolute atomic E-state index is 12.4. The van der Waals surface area contributed by atoms with E-state index in [2.05, 4.69) is 6.92 Å². The van der Waals surface area contributed by atoms with E-state index in [4.69, 9.17) is 5.73 Å². The Kier molecular flexibility index (Phi) is 4.97. The molecule has 1 aromatic carbocycles. The molecule has 1 aliphatic heterocycles. The zero-order valence-corrected chi connectivity index (χ0v) is 11.8. The van der Waals surface area contributed by atoms with E-state index in [-0.39, 0.29) is 5.91 Å². The summed E-state index contributed by atoms with van der Waals surface area (Å²) in [5, 5.41) is 0. The Bertz CT molecular complexity index is 423. The lowest BCUT2D eigenvalue weighted by Gasteiger charge is -2.32. The van der Waals surface area contributed by atoms with Gasteiger partial charge in [-0.15, -0.1) is 0 Å². The average Bonchev–Trinajstić information content (AvgIpc) is 2.48. The summed E-state index contributed by atoms with van der Waals surface area (Å²) in [6.07, 6.45) is 4.84. The van der Waals surface area contributed by atoms with E-state index in [1.165, 1.54) is 12.8 Å². The molecule has 3 heteroatoms. The van der Waals surface area contributed by atoms with Gasteiger partial charge in [0.1, 0.15) is 0 Å². The van der Waals surface area contributed by atoms with Crippen molar-refractivity contribution in [2.75, 3.05) is 13.1 Å². The molecule has 0 radical (unpaired) electrons. The summed E-state index contributed by atoms with van der Waals surface area (Å²) in [5.74, 6) is 0.967. The Morgan fingerprint density at radius 1 is 1.37 bits per heavy atom. The first-order valence-corrected chi connectivity index (χ1v) is 7.33. The molecule has 0 unspecified atom stereocenters. The number of rotatable bonds is 4. The molecule has 1 fully saturated rings. The maximum Gasteiger partial charge on any atom is 0.253 e. The van der Waals surface area contributed by atoms with Crippen LogP contribution in [0.4, 0.5) is 0 Å². The second kappa shape index (κ2) is 6.71. The highest BCUT2D eigenvalue weighted by Crippen LogP contribution is 2.23. The van der Waals surface area contributed by atoms with E-state index in [0.29, 0.717) is 6.54 Å². The number of likely N-dealkylation sites (tertiary alicyclic amines) is 1. The fraction of sp³-hybridized carbons (Fsp3) is 0.562. The van der Waals surface area contributed by atoms with Crippen molar-refractivity contribution in [3.63, 3.8) is 0 Å². The second-order valence-corrected chi connectivity index (χ2v) is 5.43. The lowest BCUT2D eigenvalue weighted by Crippen LogP contribution is -2.38. The molecule has 0 atom stereocenters. The van der Waals surface area contributed by atoms with Crippen LogP contribution in [0.5, 0.6) is 0 Å². The van der Waals surface area contributed by atoms with Gasteiger partial charge in [-0.3, -0.25) is 4.79 Å². The van der Waals surface area contributed by atoms with Gasteiger partial charge in [-0.25, -0.2) is 0 Å². The van der Waals surface area contributed by atoms with Gasteiger partial charge in [0.2, 0.25) is 0 Å². The number of carbonyl (C=O) groups is 1. The molecule has 104 valence electrons. The number of benzene rings is 1. The molecule has 0 spiro atoms. The average molecular weight is 260 g/mol. The molecule has 1 heterocycles. The van der Waals surface area contributed by atoms with Crippen molar-refractivity contribution in [2.24, 2.45) is 11.7 Å². The molecule has 3 nitrogen and oxygen atoms in total. The molecular formula is C16H24N2O. The fourth-order valence-corrected chi connectivity index (χ4v) is 2.85. The zero-order valence-electron chi connectivity index (χ0n) is 11.8. The quantitative estimate of drug-likeness (QED) is 0.905. The van der Waals surface area contributed by atoms with E-state index in [1.807, 2.05) is 29.2 Å². The first-order valence-electron chi connectivity index (χ1n) is 7.33. The predicted octanol–water partition coefficient (Wildman–Crippen LogP) is 2.80. The van der Waals surface area contributed by atoms with E-state index in [1.54, 1.807) is 0 Å². The number of nitrogens with zero attached hydrogens (tertiary/aromatic N) is 1. The van der Waals surface area contributed by atoms with Crippen molar-refractivity contribution >= 4 is 5.91 Å². The first-order chi connectivity index (χ1) is 9.24. The molecule has 2 rings (SSSR count). The van der Waals surface area contributed by atoms with Crippen molar-refractivity contribution < 1.29 is 4.79 Å². The van der Waals surface area contributed by atoms with Gasteiger partial charge >= 0.3 is 0 Å². The van der Waals surface area contributed by atoms with Gasteiger partial charge in [-0.2, -0.15) is 0 Å². The minimum atomic E-state index is 0.158. The minimum Gasteiger partial charge on any atom is -0.339 e. The summed E-state index contributed by atoms with van der Waals surface area (Å²) < 4.78 is 0. The fourth-order valence-electron chi connectivity index (χ4n) is 2.85.